The predicted molar refractivity (Wildman–Crippen MR) is 76.4 cm³/mol. The number of morpholine rings is 1. The summed E-state index contributed by atoms with van der Waals surface area (Å²) in [5.74, 6) is 0.846. The number of ether oxygens (including phenoxy) is 1. The maximum absolute atomic E-state index is 10.3. The van der Waals surface area contributed by atoms with Crippen molar-refractivity contribution in [2.75, 3.05) is 32.8 Å². The normalized spacial score (nSPS) is 18.1. The standard InChI is InChI=1S/C16H19NO3/c18-15(12-17-7-10-19-11-8-17)13-3-5-14(6-4-13)16-2-1-9-20-16/h1-6,9,15,18H,7-8,10-12H2. The molecular formula is C16H19NO3. The highest BCUT2D eigenvalue weighted by atomic mass is 16.5. The Kier molecular flexibility index (Phi) is 4.16. The van der Waals surface area contributed by atoms with Gasteiger partial charge >= 0.3 is 0 Å². The van der Waals surface area contributed by atoms with Gasteiger partial charge in [0.1, 0.15) is 5.76 Å². The number of β-amino-alcohol motifs (C(OH)–C–C–N with tert-alkyl or cyclic N) is 1. The van der Waals surface area contributed by atoms with E-state index >= 15 is 0 Å². The Balaban J connectivity index is 1.64. The van der Waals surface area contributed by atoms with Gasteiger partial charge in [-0.05, 0) is 17.7 Å². The van der Waals surface area contributed by atoms with Crippen molar-refractivity contribution in [3.05, 3.63) is 48.2 Å². The van der Waals surface area contributed by atoms with E-state index in [1.54, 1.807) is 6.26 Å². The number of benzene rings is 1. The molecule has 4 nitrogen and oxygen atoms in total. The Morgan fingerprint density at radius 3 is 2.50 bits per heavy atom. The third kappa shape index (κ3) is 3.10. The molecule has 0 amide bonds. The summed E-state index contributed by atoms with van der Waals surface area (Å²) in [5, 5.41) is 10.3. The van der Waals surface area contributed by atoms with Gasteiger partial charge in [-0.3, -0.25) is 4.90 Å². The molecule has 1 aliphatic heterocycles. The monoisotopic (exact) mass is 273 g/mol. The van der Waals surface area contributed by atoms with Crippen LogP contribution in [0.25, 0.3) is 11.3 Å². The van der Waals surface area contributed by atoms with Gasteiger partial charge in [0.2, 0.25) is 0 Å². The fraction of sp³-hybridized carbons (Fsp3) is 0.375. The zero-order valence-corrected chi connectivity index (χ0v) is 11.4. The van der Waals surface area contributed by atoms with E-state index in [9.17, 15) is 5.11 Å². The minimum absolute atomic E-state index is 0.459. The van der Waals surface area contributed by atoms with Gasteiger partial charge in [-0.2, -0.15) is 0 Å². The lowest BCUT2D eigenvalue weighted by molar-refractivity contribution is 0.0143. The number of hydrogen-bond acceptors (Lipinski definition) is 4. The molecule has 1 unspecified atom stereocenters. The number of furan rings is 1. The lowest BCUT2D eigenvalue weighted by Gasteiger charge is -2.28. The van der Waals surface area contributed by atoms with E-state index in [4.69, 9.17) is 9.15 Å². The van der Waals surface area contributed by atoms with Crippen LogP contribution in [0.5, 0.6) is 0 Å². The summed E-state index contributed by atoms with van der Waals surface area (Å²) in [6, 6.07) is 11.7. The third-order valence-corrected chi connectivity index (χ3v) is 3.64. The van der Waals surface area contributed by atoms with Gasteiger partial charge in [0.15, 0.2) is 0 Å². The SMILES string of the molecule is OC(CN1CCOCC1)c1ccc(-c2ccco2)cc1. The fourth-order valence-corrected chi connectivity index (χ4v) is 2.45. The molecule has 2 aromatic rings. The third-order valence-electron chi connectivity index (χ3n) is 3.64. The highest BCUT2D eigenvalue weighted by molar-refractivity contribution is 5.57. The zero-order chi connectivity index (χ0) is 13.8. The van der Waals surface area contributed by atoms with Crippen LogP contribution in [0.2, 0.25) is 0 Å². The number of aliphatic hydroxyl groups is 1. The van der Waals surface area contributed by atoms with E-state index in [-0.39, 0.29) is 0 Å². The maximum atomic E-state index is 10.3. The average Bonchev–Trinajstić information content (AvgIpc) is 3.03. The fourth-order valence-electron chi connectivity index (χ4n) is 2.45. The Morgan fingerprint density at radius 1 is 1.10 bits per heavy atom. The van der Waals surface area contributed by atoms with E-state index in [1.807, 2.05) is 36.4 Å². The van der Waals surface area contributed by atoms with Crippen molar-refractivity contribution in [2.45, 2.75) is 6.10 Å². The van der Waals surface area contributed by atoms with Crippen molar-refractivity contribution in [1.82, 2.24) is 4.90 Å². The van der Waals surface area contributed by atoms with E-state index < -0.39 is 6.10 Å². The summed E-state index contributed by atoms with van der Waals surface area (Å²) >= 11 is 0. The summed E-state index contributed by atoms with van der Waals surface area (Å²) in [7, 11) is 0. The van der Waals surface area contributed by atoms with Crippen molar-refractivity contribution >= 4 is 0 Å². The van der Waals surface area contributed by atoms with Crippen molar-refractivity contribution < 1.29 is 14.3 Å². The zero-order valence-electron chi connectivity index (χ0n) is 11.4. The van der Waals surface area contributed by atoms with Gasteiger partial charge in [-0.15, -0.1) is 0 Å². The van der Waals surface area contributed by atoms with Crippen molar-refractivity contribution in [2.24, 2.45) is 0 Å². The molecule has 1 atom stereocenters. The largest absolute Gasteiger partial charge is 0.464 e. The Hall–Kier alpha value is -1.62. The summed E-state index contributed by atoms with van der Waals surface area (Å²) < 4.78 is 10.7. The highest BCUT2D eigenvalue weighted by Crippen LogP contribution is 2.23. The molecule has 1 aromatic carbocycles. The molecule has 1 saturated heterocycles. The number of nitrogens with zero attached hydrogens (tertiary/aromatic N) is 1. The first-order valence-corrected chi connectivity index (χ1v) is 6.95. The second kappa shape index (κ2) is 6.22. The molecule has 0 bridgehead atoms. The summed E-state index contributed by atoms with van der Waals surface area (Å²) in [6.07, 6.45) is 1.20. The summed E-state index contributed by atoms with van der Waals surface area (Å²) in [6.45, 7) is 3.95. The van der Waals surface area contributed by atoms with E-state index in [0.29, 0.717) is 6.54 Å². The number of rotatable bonds is 4. The molecular weight excluding hydrogens is 254 g/mol. The lowest BCUT2D eigenvalue weighted by Crippen LogP contribution is -2.38. The van der Waals surface area contributed by atoms with Crippen LogP contribution in [0, 0.1) is 0 Å². The van der Waals surface area contributed by atoms with Crippen LogP contribution in [-0.2, 0) is 4.74 Å². The van der Waals surface area contributed by atoms with Gasteiger partial charge in [0.25, 0.3) is 0 Å². The Labute approximate surface area is 118 Å². The van der Waals surface area contributed by atoms with Gasteiger partial charge < -0.3 is 14.3 Å². The lowest BCUT2D eigenvalue weighted by atomic mass is 10.1. The van der Waals surface area contributed by atoms with Crippen molar-refractivity contribution in [3.8, 4) is 11.3 Å². The van der Waals surface area contributed by atoms with E-state index in [2.05, 4.69) is 4.90 Å². The van der Waals surface area contributed by atoms with Crippen molar-refractivity contribution in [1.29, 1.82) is 0 Å². The Morgan fingerprint density at radius 2 is 1.85 bits per heavy atom. The van der Waals surface area contributed by atoms with Gasteiger partial charge in [-0.25, -0.2) is 0 Å². The quantitative estimate of drug-likeness (QED) is 0.928. The van der Waals surface area contributed by atoms with E-state index in [0.717, 1.165) is 43.2 Å². The van der Waals surface area contributed by atoms with Crippen LogP contribution in [-0.4, -0.2) is 42.9 Å². The molecule has 1 aliphatic rings. The molecule has 0 radical (unpaired) electrons. The molecule has 106 valence electrons. The van der Waals surface area contributed by atoms with Crippen LogP contribution in [0.1, 0.15) is 11.7 Å². The minimum Gasteiger partial charge on any atom is -0.464 e. The predicted octanol–water partition coefficient (Wildman–Crippen LogP) is 2.31. The van der Waals surface area contributed by atoms with Gasteiger partial charge in [-0.1, -0.05) is 24.3 Å². The second-order valence-electron chi connectivity index (χ2n) is 5.03. The van der Waals surface area contributed by atoms with Crippen LogP contribution >= 0.6 is 0 Å². The summed E-state index contributed by atoms with van der Waals surface area (Å²) in [5.41, 5.74) is 1.96. The molecule has 0 aliphatic carbocycles. The number of hydrogen-bond donors (Lipinski definition) is 1. The van der Waals surface area contributed by atoms with Crippen LogP contribution < -0.4 is 0 Å². The maximum Gasteiger partial charge on any atom is 0.133 e. The first-order valence-electron chi connectivity index (χ1n) is 6.95. The molecule has 4 heteroatoms. The molecule has 3 rings (SSSR count). The highest BCUT2D eigenvalue weighted by Gasteiger charge is 2.16. The molecule has 1 aromatic heterocycles. The van der Waals surface area contributed by atoms with Crippen LogP contribution in [0.4, 0.5) is 0 Å². The smallest absolute Gasteiger partial charge is 0.133 e. The topological polar surface area (TPSA) is 45.8 Å². The number of aliphatic hydroxyl groups excluding tert-OH is 1. The first-order chi connectivity index (χ1) is 9.83. The molecule has 0 spiro atoms. The second-order valence-corrected chi connectivity index (χ2v) is 5.03. The molecule has 0 saturated carbocycles. The molecule has 20 heavy (non-hydrogen) atoms. The first kappa shape index (κ1) is 13.4. The van der Waals surface area contributed by atoms with Crippen LogP contribution in [0.15, 0.2) is 47.1 Å². The van der Waals surface area contributed by atoms with Gasteiger partial charge in [0.05, 0.1) is 25.6 Å². The minimum atomic E-state index is -0.459. The Bertz CT molecular complexity index is 515. The van der Waals surface area contributed by atoms with E-state index in [1.165, 1.54) is 0 Å². The van der Waals surface area contributed by atoms with Crippen LogP contribution in [0.3, 0.4) is 0 Å². The molecule has 1 fully saturated rings. The summed E-state index contributed by atoms with van der Waals surface area (Å²) in [4.78, 5) is 2.23. The van der Waals surface area contributed by atoms with Gasteiger partial charge in [0, 0.05) is 25.2 Å². The molecule has 1 N–H and O–H groups in total. The average molecular weight is 273 g/mol. The van der Waals surface area contributed by atoms with Crippen molar-refractivity contribution in [3.63, 3.8) is 0 Å². The molecule has 2 heterocycles.